The van der Waals surface area contributed by atoms with Gasteiger partial charge in [0, 0.05) is 0 Å². The Balaban J connectivity index is 0. The van der Waals surface area contributed by atoms with Crippen molar-refractivity contribution in [2.24, 2.45) is 0 Å². The highest BCUT2D eigenvalue weighted by atomic mass is 16.3. The standard InChI is InChI=1S/C3H8O3.CHNO/c4-1-3(6)2-5;2-1-3/h3-6H,1-2H2;3H. The zero-order valence-electron chi connectivity index (χ0n) is 4.73. The smallest absolute Gasteiger partial charge is 0.283 e. The third-order valence-corrected chi connectivity index (χ3v) is 0.421. The molecule has 0 rings (SSSR count). The van der Waals surface area contributed by atoms with Gasteiger partial charge in [0.05, 0.1) is 13.2 Å². The van der Waals surface area contributed by atoms with Gasteiger partial charge in [-0.1, -0.05) is 0 Å². The molecule has 0 heterocycles. The molecular weight excluding hydrogens is 126 g/mol. The monoisotopic (exact) mass is 135 g/mol. The molecule has 0 saturated heterocycles. The minimum atomic E-state index is -0.954. The number of nitrogens with zero attached hydrogens (tertiary/aromatic N) is 1. The maximum absolute atomic E-state index is 8.17. The number of hydrogen-bond acceptors (Lipinski definition) is 5. The molecule has 0 radical (unpaired) electrons. The summed E-state index contributed by atoms with van der Waals surface area (Å²) < 4.78 is 0. The number of aliphatic hydroxyl groups is 4. The molecule has 0 amide bonds. The second-order valence-corrected chi connectivity index (χ2v) is 1.12. The number of hydrogen-bond donors (Lipinski definition) is 4. The van der Waals surface area contributed by atoms with Crippen LogP contribution in [-0.2, 0) is 0 Å². The first-order chi connectivity index (χ1) is 4.22. The van der Waals surface area contributed by atoms with E-state index >= 15 is 0 Å². The molecular formula is C4H9NO4. The summed E-state index contributed by atoms with van der Waals surface area (Å²) >= 11 is 0. The lowest BCUT2D eigenvalue weighted by Crippen LogP contribution is -2.15. The molecule has 0 atom stereocenters. The predicted molar refractivity (Wildman–Crippen MR) is 27.7 cm³/mol. The van der Waals surface area contributed by atoms with E-state index in [0.29, 0.717) is 0 Å². The van der Waals surface area contributed by atoms with Crippen molar-refractivity contribution in [1.29, 1.82) is 5.26 Å². The molecule has 0 bridgehead atoms. The summed E-state index contributed by atoms with van der Waals surface area (Å²) in [5, 5.41) is 37.8. The van der Waals surface area contributed by atoms with E-state index in [1.165, 1.54) is 0 Å². The Morgan fingerprint density at radius 1 is 1.33 bits per heavy atom. The zero-order chi connectivity index (χ0) is 7.70. The number of aliphatic hydroxyl groups excluding tert-OH is 4. The van der Waals surface area contributed by atoms with E-state index in [-0.39, 0.29) is 13.2 Å². The molecule has 0 aromatic rings. The van der Waals surface area contributed by atoms with E-state index in [1.54, 1.807) is 0 Å². The molecule has 0 aliphatic heterocycles. The fourth-order valence-electron chi connectivity index (χ4n) is 0.0577. The molecule has 5 heteroatoms. The lowest BCUT2D eigenvalue weighted by molar-refractivity contribution is 0.0450. The highest BCUT2D eigenvalue weighted by molar-refractivity contribution is 4.43. The normalized spacial score (nSPS) is 7.44. The second kappa shape index (κ2) is 10.2. The van der Waals surface area contributed by atoms with Gasteiger partial charge in [0.1, 0.15) is 6.10 Å². The van der Waals surface area contributed by atoms with Gasteiger partial charge in [-0.05, 0) is 0 Å². The van der Waals surface area contributed by atoms with E-state index in [1.807, 2.05) is 0 Å². The van der Waals surface area contributed by atoms with Gasteiger partial charge in [-0.3, -0.25) is 0 Å². The summed E-state index contributed by atoms with van der Waals surface area (Å²) in [6, 6.07) is 0. The fraction of sp³-hybridized carbons (Fsp3) is 0.750. The summed E-state index contributed by atoms with van der Waals surface area (Å²) in [5.74, 6) is 0. The fourth-order valence-corrected chi connectivity index (χ4v) is 0.0577. The Kier molecular flexibility index (Phi) is 12.5. The van der Waals surface area contributed by atoms with Crippen molar-refractivity contribution in [1.82, 2.24) is 0 Å². The van der Waals surface area contributed by atoms with Crippen LogP contribution in [0.3, 0.4) is 0 Å². The van der Waals surface area contributed by atoms with Crippen LogP contribution in [-0.4, -0.2) is 39.7 Å². The first-order valence-electron chi connectivity index (χ1n) is 2.15. The Morgan fingerprint density at radius 3 is 1.56 bits per heavy atom. The van der Waals surface area contributed by atoms with E-state index in [9.17, 15) is 0 Å². The maximum Gasteiger partial charge on any atom is 0.283 e. The molecule has 0 aromatic heterocycles. The van der Waals surface area contributed by atoms with Crippen LogP contribution in [0.15, 0.2) is 0 Å². The Labute approximate surface area is 52.4 Å². The molecule has 9 heavy (non-hydrogen) atoms. The van der Waals surface area contributed by atoms with Gasteiger partial charge in [-0.2, -0.15) is 5.26 Å². The molecule has 0 spiro atoms. The zero-order valence-corrected chi connectivity index (χ0v) is 4.73. The molecule has 0 aliphatic rings. The van der Waals surface area contributed by atoms with Gasteiger partial charge >= 0.3 is 0 Å². The van der Waals surface area contributed by atoms with Crippen molar-refractivity contribution in [2.45, 2.75) is 6.10 Å². The molecule has 0 unspecified atom stereocenters. The largest absolute Gasteiger partial charge is 0.443 e. The number of rotatable bonds is 2. The summed E-state index contributed by atoms with van der Waals surface area (Å²) in [6.45, 7) is -0.729. The minimum Gasteiger partial charge on any atom is -0.443 e. The SMILES string of the molecule is N#CO.OCC(O)CO. The summed E-state index contributed by atoms with van der Waals surface area (Å²) in [6.07, 6.45) is -0.204. The maximum atomic E-state index is 8.17. The predicted octanol–water partition coefficient (Wildman–Crippen LogP) is -1.83. The van der Waals surface area contributed by atoms with Crippen LogP contribution >= 0.6 is 0 Å². The van der Waals surface area contributed by atoms with Gasteiger partial charge in [-0.25, -0.2) is 0 Å². The summed E-state index contributed by atoms with van der Waals surface area (Å²) in [7, 11) is 0. The third kappa shape index (κ3) is 19.1. The van der Waals surface area contributed by atoms with Crippen LogP contribution in [0, 0.1) is 11.5 Å². The molecule has 4 N–H and O–H groups in total. The van der Waals surface area contributed by atoms with Crippen molar-refractivity contribution in [3.8, 4) is 6.26 Å². The van der Waals surface area contributed by atoms with E-state index in [0.717, 1.165) is 6.26 Å². The van der Waals surface area contributed by atoms with Crippen molar-refractivity contribution < 1.29 is 20.4 Å². The average molecular weight is 135 g/mol. The number of nitriles is 1. The first kappa shape index (κ1) is 11.0. The Hall–Kier alpha value is -0.830. The quantitative estimate of drug-likeness (QED) is 0.333. The lowest BCUT2D eigenvalue weighted by atomic mass is 10.4. The van der Waals surface area contributed by atoms with Crippen LogP contribution in [0.25, 0.3) is 0 Å². The molecule has 0 aromatic carbocycles. The van der Waals surface area contributed by atoms with Gasteiger partial charge in [0.15, 0.2) is 0 Å². The average Bonchev–Trinajstić information content (AvgIpc) is 1.88. The van der Waals surface area contributed by atoms with Crippen LogP contribution in [0.5, 0.6) is 0 Å². The van der Waals surface area contributed by atoms with Crippen molar-refractivity contribution >= 4 is 0 Å². The highest BCUT2D eigenvalue weighted by Gasteiger charge is 1.93. The van der Waals surface area contributed by atoms with Gasteiger partial charge in [-0.15, -0.1) is 0 Å². The van der Waals surface area contributed by atoms with E-state index < -0.39 is 6.10 Å². The van der Waals surface area contributed by atoms with Gasteiger partial charge in [0.25, 0.3) is 6.26 Å². The third-order valence-electron chi connectivity index (χ3n) is 0.421. The van der Waals surface area contributed by atoms with Crippen LogP contribution in [0.2, 0.25) is 0 Å². The van der Waals surface area contributed by atoms with Gasteiger partial charge < -0.3 is 20.4 Å². The molecule has 5 nitrogen and oxygen atoms in total. The topological polar surface area (TPSA) is 105 Å². The molecule has 0 saturated carbocycles. The summed E-state index contributed by atoms with van der Waals surface area (Å²) in [4.78, 5) is 0. The first-order valence-corrected chi connectivity index (χ1v) is 2.15. The van der Waals surface area contributed by atoms with Crippen LogP contribution < -0.4 is 0 Å². The van der Waals surface area contributed by atoms with Crippen molar-refractivity contribution in [2.75, 3.05) is 13.2 Å². The molecule has 54 valence electrons. The van der Waals surface area contributed by atoms with E-state index in [4.69, 9.17) is 25.7 Å². The molecule has 0 aliphatic carbocycles. The van der Waals surface area contributed by atoms with E-state index in [2.05, 4.69) is 0 Å². The van der Waals surface area contributed by atoms with Crippen LogP contribution in [0.4, 0.5) is 0 Å². The van der Waals surface area contributed by atoms with Crippen molar-refractivity contribution in [3.63, 3.8) is 0 Å². The minimum absolute atomic E-state index is 0.365. The highest BCUT2D eigenvalue weighted by Crippen LogP contribution is 1.71. The van der Waals surface area contributed by atoms with Crippen molar-refractivity contribution in [3.05, 3.63) is 0 Å². The second-order valence-electron chi connectivity index (χ2n) is 1.12. The lowest BCUT2D eigenvalue weighted by Gasteiger charge is -1.96. The Morgan fingerprint density at radius 2 is 1.56 bits per heavy atom. The molecule has 0 fully saturated rings. The summed E-state index contributed by atoms with van der Waals surface area (Å²) in [5.41, 5.74) is 0. The van der Waals surface area contributed by atoms with Gasteiger partial charge in [0.2, 0.25) is 0 Å². The Bertz CT molecular complexity index is 75.1. The van der Waals surface area contributed by atoms with Crippen LogP contribution in [0.1, 0.15) is 0 Å².